The van der Waals surface area contributed by atoms with Gasteiger partial charge >= 0.3 is 0 Å². The van der Waals surface area contributed by atoms with Gasteiger partial charge < -0.3 is 10.0 Å². The van der Waals surface area contributed by atoms with E-state index in [0.29, 0.717) is 11.5 Å². The predicted molar refractivity (Wildman–Crippen MR) is 76.3 cm³/mol. The Bertz CT molecular complexity index is 414. The van der Waals surface area contributed by atoms with E-state index < -0.39 is 0 Å². The zero-order valence-corrected chi connectivity index (χ0v) is 12.0. The lowest BCUT2D eigenvalue weighted by Crippen LogP contribution is -2.39. The molecule has 0 aliphatic carbocycles. The third kappa shape index (κ3) is 3.70. The van der Waals surface area contributed by atoms with Crippen LogP contribution in [0.5, 0.6) is 0 Å². The van der Waals surface area contributed by atoms with Crippen LogP contribution in [0, 0.1) is 5.92 Å². The molecule has 0 aromatic carbocycles. The van der Waals surface area contributed by atoms with Crippen LogP contribution in [0.15, 0.2) is 23.4 Å². The van der Waals surface area contributed by atoms with E-state index in [9.17, 15) is 4.79 Å². The maximum Gasteiger partial charge on any atom is 0.255 e. The van der Waals surface area contributed by atoms with E-state index in [1.165, 1.54) is 0 Å². The van der Waals surface area contributed by atoms with Crippen LogP contribution in [0.1, 0.15) is 30.1 Å². The third-order valence-corrected chi connectivity index (χ3v) is 4.26. The maximum atomic E-state index is 12.3. The molecule has 1 aromatic rings. The number of hydrogen-bond acceptors (Lipinski definition) is 4. The summed E-state index contributed by atoms with van der Waals surface area (Å²) < 4.78 is 0. The second-order valence-electron chi connectivity index (χ2n) is 4.74. The number of likely N-dealkylation sites (tertiary alicyclic amines) is 1. The van der Waals surface area contributed by atoms with Crippen LogP contribution in [0.25, 0.3) is 0 Å². The summed E-state index contributed by atoms with van der Waals surface area (Å²) in [6, 6.07) is 3.76. The highest BCUT2D eigenvalue weighted by Gasteiger charge is 2.23. The van der Waals surface area contributed by atoms with Crippen molar-refractivity contribution in [1.29, 1.82) is 0 Å². The SMILES string of the molecule is CCSc1ccc(C(=O)N2CCC(CO)CC2)cn1. The van der Waals surface area contributed by atoms with E-state index in [1.807, 2.05) is 17.0 Å². The molecule has 1 saturated heterocycles. The Hall–Kier alpha value is -1.07. The summed E-state index contributed by atoms with van der Waals surface area (Å²) >= 11 is 1.67. The first-order valence-electron chi connectivity index (χ1n) is 6.73. The normalized spacial score (nSPS) is 16.6. The standard InChI is InChI=1S/C14H20N2O2S/c1-2-19-13-4-3-12(9-15-13)14(18)16-7-5-11(10-17)6-8-16/h3-4,9,11,17H,2,5-8,10H2,1H3. The lowest BCUT2D eigenvalue weighted by atomic mass is 9.97. The predicted octanol–water partition coefficient (Wildman–Crippen LogP) is 2.04. The number of aromatic nitrogens is 1. The number of thioether (sulfide) groups is 1. The van der Waals surface area contributed by atoms with Crippen molar-refractivity contribution in [1.82, 2.24) is 9.88 Å². The number of pyridine rings is 1. The fourth-order valence-corrected chi connectivity index (χ4v) is 2.83. The first-order valence-corrected chi connectivity index (χ1v) is 7.72. The summed E-state index contributed by atoms with van der Waals surface area (Å²) in [4.78, 5) is 18.4. The number of nitrogens with zero attached hydrogens (tertiary/aromatic N) is 2. The molecular formula is C14H20N2O2S. The number of amides is 1. The quantitative estimate of drug-likeness (QED) is 0.858. The monoisotopic (exact) mass is 280 g/mol. The van der Waals surface area contributed by atoms with Crippen molar-refractivity contribution >= 4 is 17.7 Å². The second kappa shape index (κ2) is 6.91. The second-order valence-corrected chi connectivity index (χ2v) is 6.02. The Morgan fingerprint density at radius 2 is 2.21 bits per heavy atom. The molecule has 0 spiro atoms. The molecule has 1 amide bonds. The number of carbonyl (C=O) groups is 1. The lowest BCUT2D eigenvalue weighted by molar-refractivity contribution is 0.0650. The highest BCUT2D eigenvalue weighted by atomic mass is 32.2. The topological polar surface area (TPSA) is 53.4 Å². The van der Waals surface area contributed by atoms with Gasteiger partial charge in [0, 0.05) is 25.9 Å². The molecule has 1 aromatic heterocycles. The molecule has 0 atom stereocenters. The van der Waals surface area contributed by atoms with Crippen molar-refractivity contribution in [2.24, 2.45) is 5.92 Å². The number of piperidine rings is 1. The van der Waals surface area contributed by atoms with Crippen molar-refractivity contribution in [3.8, 4) is 0 Å². The van der Waals surface area contributed by atoms with Crippen molar-refractivity contribution in [3.05, 3.63) is 23.9 Å². The molecule has 0 saturated carbocycles. The number of aliphatic hydroxyl groups excluding tert-OH is 1. The summed E-state index contributed by atoms with van der Waals surface area (Å²) in [6.45, 7) is 3.77. The average molecular weight is 280 g/mol. The Balaban J connectivity index is 1.96. The van der Waals surface area contributed by atoms with Crippen molar-refractivity contribution < 1.29 is 9.90 Å². The van der Waals surface area contributed by atoms with Crippen LogP contribution in [-0.4, -0.2) is 46.3 Å². The van der Waals surface area contributed by atoms with Crippen LogP contribution in [0.2, 0.25) is 0 Å². The van der Waals surface area contributed by atoms with Crippen LogP contribution < -0.4 is 0 Å². The average Bonchev–Trinajstić information content (AvgIpc) is 2.48. The minimum absolute atomic E-state index is 0.0527. The molecule has 0 bridgehead atoms. The summed E-state index contributed by atoms with van der Waals surface area (Å²) in [5.41, 5.74) is 0.655. The van der Waals surface area contributed by atoms with E-state index in [0.717, 1.165) is 36.7 Å². The number of carbonyl (C=O) groups excluding carboxylic acids is 1. The first kappa shape index (κ1) is 14.3. The Morgan fingerprint density at radius 1 is 1.47 bits per heavy atom. The Labute approximate surface area is 118 Å². The number of aliphatic hydroxyl groups is 1. The van der Waals surface area contributed by atoms with E-state index >= 15 is 0 Å². The molecular weight excluding hydrogens is 260 g/mol. The molecule has 2 heterocycles. The van der Waals surface area contributed by atoms with Gasteiger partial charge in [0.15, 0.2) is 0 Å². The molecule has 5 heteroatoms. The molecule has 1 fully saturated rings. The Kier molecular flexibility index (Phi) is 5.22. The van der Waals surface area contributed by atoms with Gasteiger partial charge in [0.2, 0.25) is 0 Å². The zero-order valence-electron chi connectivity index (χ0n) is 11.2. The molecule has 0 radical (unpaired) electrons. The van der Waals surface area contributed by atoms with Gasteiger partial charge in [-0.1, -0.05) is 6.92 Å². The number of rotatable bonds is 4. The third-order valence-electron chi connectivity index (χ3n) is 3.44. The highest BCUT2D eigenvalue weighted by molar-refractivity contribution is 7.99. The van der Waals surface area contributed by atoms with Crippen molar-refractivity contribution in [3.63, 3.8) is 0 Å². The van der Waals surface area contributed by atoms with Gasteiger partial charge in [-0.2, -0.15) is 0 Å². The van der Waals surface area contributed by atoms with E-state index in [4.69, 9.17) is 5.11 Å². The largest absolute Gasteiger partial charge is 0.396 e. The number of hydrogen-bond donors (Lipinski definition) is 1. The van der Waals surface area contributed by atoms with Gasteiger partial charge in [-0.3, -0.25) is 4.79 Å². The van der Waals surface area contributed by atoms with Gasteiger partial charge in [0.1, 0.15) is 0 Å². The van der Waals surface area contributed by atoms with Crippen LogP contribution in [-0.2, 0) is 0 Å². The first-order chi connectivity index (χ1) is 9.24. The fourth-order valence-electron chi connectivity index (χ4n) is 2.24. The summed E-state index contributed by atoms with van der Waals surface area (Å²) in [6.07, 6.45) is 3.44. The van der Waals surface area contributed by atoms with Crippen molar-refractivity contribution in [2.45, 2.75) is 24.8 Å². The maximum absolute atomic E-state index is 12.3. The summed E-state index contributed by atoms with van der Waals surface area (Å²) in [5, 5.41) is 10.1. The van der Waals surface area contributed by atoms with E-state index in [-0.39, 0.29) is 12.5 Å². The molecule has 1 N–H and O–H groups in total. The molecule has 19 heavy (non-hydrogen) atoms. The molecule has 104 valence electrons. The smallest absolute Gasteiger partial charge is 0.255 e. The van der Waals surface area contributed by atoms with Gasteiger partial charge in [-0.15, -0.1) is 11.8 Å². The fraction of sp³-hybridized carbons (Fsp3) is 0.571. The van der Waals surface area contributed by atoms with E-state index in [1.54, 1.807) is 18.0 Å². The zero-order chi connectivity index (χ0) is 13.7. The molecule has 1 aliphatic rings. The van der Waals surface area contributed by atoms with E-state index in [2.05, 4.69) is 11.9 Å². The highest BCUT2D eigenvalue weighted by Crippen LogP contribution is 2.19. The summed E-state index contributed by atoms with van der Waals surface area (Å²) in [5.74, 6) is 1.39. The lowest BCUT2D eigenvalue weighted by Gasteiger charge is -2.31. The van der Waals surface area contributed by atoms with Crippen LogP contribution in [0.3, 0.4) is 0 Å². The van der Waals surface area contributed by atoms with Gasteiger partial charge in [-0.05, 0) is 36.6 Å². The minimum Gasteiger partial charge on any atom is -0.396 e. The Morgan fingerprint density at radius 3 is 2.74 bits per heavy atom. The molecule has 2 rings (SSSR count). The molecule has 0 unspecified atom stereocenters. The van der Waals surface area contributed by atoms with Crippen LogP contribution >= 0.6 is 11.8 Å². The molecule has 1 aliphatic heterocycles. The molecule has 4 nitrogen and oxygen atoms in total. The van der Waals surface area contributed by atoms with Crippen LogP contribution in [0.4, 0.5) is 0 Å². The van der Waals surface area contributed by atoms with Gasteiger partial charge in [0.25, 0.3) is 5.91 Å². The summed E-state index contributed by atoms with van der Waals surface area (Å²) in [7, 11) is 0. The van der Waals surface area contributed by atoms with Gasteiger partial charge in [-0.25, -0.2) is 4.98 Å². The van der Waals surface area contributed by atoms with Gasteiger partial charge in [0.05, 0.1) is 10.6 Å². The van der Waals surface area contributed by atoms with Crippen molar-refractivity contribution in [2.75, 3.05) is 25.4 Å². The minimum atomic E-state index is 0.0527.